The van der Waals surface area contributed by atoms with Crippen LogP contribution in [0.1, 0.15) is 0 Å². The van der Waals surface area contributed by atoms with Gasteiger partial charge in [0.1, 0.15) is 0 Å². The minimum absolute atomic E-state index is 1.07. The second kappa shape index (κ2) is 3.41. The number of fused-ring (bicyclic) bond motifs is 1. The SMILES string of the molecule is Cn1c(Br)c(Br)c2cc(Br)ccc21. The van der Waals surface area contributed by atoms with E-state index in [0.29, 0.717) is 0 Å². The highest BCUT2D eigenvalue weighted by atomic mass is 79.9. The van der Waals surface area contributed by atoms with Gasteiger partial charge < -0.3 is 4.57 Å². The van der Waals surface area contributed by atoms with Crippen molar-refractivity contribution in [3.63, 3.8) is 0 Å². The molecule has 0 spiro atoms. The summed E-state index contributed by atoms with van der Waals surface area (Å²) in [5.41, 5.74) is 1.21. The van der Waals surface area contributed by atoms with Crippen LogP contribution in [-0.2, 0) is 7.05 Å². The highest BCUT2D eigenvalue weighted by Crippen LogP contribution is 2.35. The molecule has 0 amide bonds. The number of halogens is 3. The fraction of sp³-hybridized carbons (Fsp3) is 0.111. The monoisotopic (exact) mass is 365 g/mol. The maximum Gasteiger partial charge on any atom is 0.0999 e. The van der Waals surface area contributed by atoms with Crippen LogP contribution in [0, 0.1) is 0 Å². The molecular weight excluding hydrogens is 362 g/mol. The van der Waals surface area contributed by atoms with Gasteiger partial charge in [-0.25, -0.2) is 0 Å². The Morgan fingerprint density at radius 3 is 2.54 bits per heavy atom. The number of hydrogen-bond donors (Lipinski definition) is 0. The zero-order valence-electron chi connectivity index (χ0n) is 6.81. The lowest BCUT2D eigenvalue weighted by Crippen LogP contribution is -1.85. The predicted molar refractivity (Wildman–Crippen MR) is 66.0 cm³/mol. The van der Waals surface area contributed by atoms with Crippen LogP contribution < -0.4 is 0 Å². The van der Waals surface area contributed by atoms with Crippen molar-refractivity contribution in [2.45, 2.75) is 0 Å². The minimum atomic E-state index is 1.07. The molecule has 0 unspecified atom stereocenters. The Balaban J connectivity index is 2.95. The average molecular weight is 368 g/mol. The molecule has 0 bridgehead atoms. The first-order chi connectivity index (χ1) is 6.11. The second-order valence-electron chi connectivity index (χ2n) is 2.83. The van der Waals surface area contributed by atoms with Crippen molar-refractivity contribution in [2.24, 2.45) is 7.05 Å². The number of rotatable bonds is 0. The Kier molecular flexibility index (Phi) is 2.55. The first kappa shape index (κ1) is 9.74. The Labute approximate surface area is 101 Å². The number of nitrogens with zero attached hydrogens (tertiary/aromatic N) is 1. The molecule has 1 aromatic carbocycles. The lowest BCUT2D eigenvalue weighted by atomic mass is 10.2. The summed E-state index contributed by atoms with van der Waals surface area (Å²) >= 11 is 10.5. The molecule has 0 N–H and O–H groups in total. The first-order valence-corrected chi connectivity index (χ1v) is 6.08. The molecule has 0 aliphatic rings. The summed E-state index contributed by atoms with van der Waals surface area (Å²) < 4.78 is 5.37. The third kappa shape index (κ3) is 1.49. The molecule has 1 nitrogen and oxygen atoms in total. The molecular formula is C9H6Br3N. The van der Waals surface area contributed by atoms with Crippen LogP contribution in [0.25, 0.3) is 10.9 Å². The number of aryl methyl sites for hydroxylation is 1. The van der Waals surface area contributed by atoms with E-state index >= 15 is 0 Å². The number of hydrogen-bond acceptors (Lipinski definition) is 0. The fourth-order valence-electron chi connectivity index (χ4n) is 1.34. The number of aromatic nitrogens is 1. The van der Waals surface area contributed by atoms with Gasteiger partial charge in [-0.3, -0.25) is 0 Å². The van der Waals surface area contributed by atoms with Gasteiger partial charge in [0.05, 0.1) is 9.08 Å². The summed E-state index contributed by atoms with van der Waals surface area (Å²) in [4.78, 5) is 0. The third-order valence-corrected chi connectivity index (χ3v) is 4.79. The lowest BCUT2D eigenvalue weighted by molar-refractivity contribution is 0.937. The maximum atomic E-state index is 3.55. The maximum absolute atomic E-state index is 3.55. The normalized spacial score (nSPS) is 11.1. The van der Waals surface area contributed by atoms with Gasteiger partial charge in [0.2, 0.25) is 0 Å². The Morgan fingerprint density at radius 1 is 1.15 bits per heavy atom. The van der Waals surface area contributed by atoms with Crippen LogP contribution >= 0.6 is 47.8 Å². The Bertz CT molecular complexity index is 473. The van der Waals surface area contributed by atoms with Gasteiger partial charge in [-0.15, -0.1) is 0 Å². The molecule has 0 atom stereocenters. The van der Waals surface area contributed by atoms with Crippen molar-refractivity contribution in [3.05, 3.63) is 31.7 Å². The summed E-state index contributed by atoms with van der Waals surface area (Å²) in [7, 11) is 2.03. The zero-order chi connectivity index (χ0) is 9.59. The van der Waals surface area contributed by atoms with E-state index in [9.17, 15) is 0 Å². The summed E-state index contributed by atoms with van der Waals surface area (Å²) in [6.45, 7) is 0. The fourth-order valence-corrected chi connectivity index (χ4v) is 2.69. The first-order valence-electron chi connectivity index (χ1n) is 3.70. The molecule has 1 heterocycles. The molecule has 0 saturated heterocycles. The molecule has 4 heteroatoms. The lowest BCUT2D eigenvalue weighted by Gasteiger charge is -1.96. The minimum Gasteiger partial charge on any atom is -0.337 e. The van der Waals surface area contributed by atoms with Crippen LogP contribution in [0.15, 0.2) is 31.7 Å². The van der Waals surface area contributed by atoms with E-state index in [1.54, 1.807) is 0 Å². The van der Waals surface area contributed by atoms with Crippen molar-refractivity contribution in [3.8, 4) is 0 Å². The van der Waals surface area contributed by atoms with Gasteiger partial charge in [-0.05, 0) is 50.1 Å². The van der Waals surface area contributed by atoms with Crippen molar-refractivity contribution in [1.82, 2.24) is 4.57 Å². The van der Waals surface area contributed by atoms with Gasteiger partial charge >= 0.3 is 0 Å². The molecule has 13 heavy (non-hydrogen) atoms. The molecule has 0 fully saturated rings. The Morgan fingerprint density at radius 2 is 1.85 bits per heavy atom. The topological polar surface area (TPSA) is 4.93 Å². The Hall–Kier alpha value is 0.200. The highest BCUT2D eigenvalue weighted by molar-refractivity contribution is 9.13. The van der Waals surface area contributed by atoms with Crippen molar-refractivity contribution in [2.75, 3.05) is 0 Å². The van der Waals surface area contributed by atoms with Crippen LogP contribution in [0.4, 0.5) is 0 Å². The number of benzene rings is 1. The summed E-state index contributed by atoms with van der Waals surface area (Å²) in [5.74, 6) is 0. The van der Waals surface area contributed by atoms with E-state index < -0.39 is 0 Å². The van der Waals surface area contributed by atoms with Crippen LogP contribution in [0.2, 0.25) is 0 Å². The molecule has 0 aliphatic carbocycles. The molecule has 1 aromatic heterocycles. The van der Waals surface area contributed by atoms with Gasteiger partial charge in [0, 0.05) is 22.4 Å². The van der Waals surface area contributed by atoms with Gasteiger partial charge in [-0.2, -0.15) is 0 Å². The largest absolute Gasteiger partial charge is 0.337 e. The van der Waals surface area contributed by atoms with E-state index in [1.165, 1.54) is 10.9 Å². The van der Waals surface area contributed by atoms with E-state index in [0.717, 1.165) is 13.5 Å². The van der Waals surface area contributed by atoms with Crippen molar-refractivity contribution >= 4 is 58.7 Å². The molecule has 0 saturated carbocycles. The van der Waals surface area contributed by atoms with Crippen LogP contribution in [0.5, 0.6) is 0 Å². The summed E-state index contributed by atoms with van der Waals surface area (Å²) in [5, 5.41) is 1.21. The van der Waals surface area contributed by atoms with E-state index in [-0.39, 0.29) is 0 Å². The summed E-state index contributed by atoms with van der Waals surface area (Å²) in [6.07, 6.45) is 0. The van der Waals surface area contributed by atoms with Crippen LogP contribution in [0.3, 0.4) is 0 Å². The standard InChI is InChI=1S/C9H6Br3N/c1-13-7-3-2-5(10)4-6(7)8(11)9(13)12/h2-4H,1H3. The van der Waals surface area contributed by atoms with Gasteiger partial charge in [0.15, 0.2) is 0 Å². The van der Waals surface area contributed by atoms with Crippen molar-refractivity contribution in [1.29, 1.82) is 0 Å². The van der Waals surface area contributed by atoms with Crippen LogP contribution in [-0.4, -0.2) is 4.57 Å². The van der Waals surface area contributed by atoms with E-state index in [4.69, 9.17) is 0 Å². The molecule has 2 rings (SSSR count). The molecule has 0 aliphatic heterocycles. The quantitative estimate of drug-likeness (QED) is 0.647. The molecule has 2 aromatic rings. The molecule has 0 radical (unpaired) electrons. The summed E-state index contributed by atoms with van der Waals surface area (Å²) in [6, 6.07) is 6.24. The third-order valence-electron chi connectivity index (χ3n) is 2.03. The smallest absolute Gasteiger partial charge is 0.0999 e. The highest BCUT2D eigenvalue weighted by Gasteiger charge is 2.10. The van der Waals surface area contributed by atoms with Crippen molar-refractivity contribution < 1.29 is 0 Å². The average Bonchev–Trinajstić information content (AvgIpc) is 2.32. The van der Waals surface area contributed by atoms with E-state index in [1.807, 2.05) is 13.1 Å². The van der Waals surface area contributed by atoms with Gasteiger partial charge in [-0.1, -0.05) is 15.9 Å². The second-order valence-corrected chi connectivity index (χ2v) is 5.29. The van der Waals surface area contributed by atoms with Gasteiger partial charge in [0.25, 0.3) is 0 Å². The zero-order valence-corrected chi connectivity index (χ0v) is 11.6. The predicted octanol–water partition coefficient (Wildman–Crippen LogP) is 4.47. The van der Waals surface area contributed by atoms with E-state index in [2.05, 4.69) is 64.5 Å². The molecule has 68 valence electrons.